The lowest BCUT2D eigenvalue weighted by atomic mass is 10.0. The average molecular weight is 402 g/mol. The van der Waals surface area contributed by atoms with E-state index in [1.165, 1.54) is 0 Å². The molecule has 0 unspecified atom stereocenters. The van der Waals surface area contributed by atoms with Crippen molar-refractivity contribution >= 4 is 23.6 Å². The number of nitrogens with one attached hydrogen (secondary N) is 1. The Morgan fingerprint density at radius 2 is 1.69 bits per heavy atom. The van der Waals surface area contributed by atoms with E-state index in [1.807, 2.05) is 37.8 Å². The zero-order chi connectivity index (χ0) is 21.0. The molecule has 7 nitrogen and oxygen atoms in total. The van der Waals surface area contributed by atoms with E-state index in [-0.39, 0.29) is 17.9 Å². The first kappa shape index (κ1) is 21.1. The highest BCUT2D eigenvalue weighted by Gasteiger charge is 2.26. The number of carbonyl (C=O) groups excluding carboxylic acids is 3. The van der Waals surface area contributed by atoms with Crippen molar-refractivity contribution < 1.29 is 19.1 Å². The van der Waals surface area contributed by atoms with Gasteiger partial charge in [0, 0.05) is 43.3 Å². The van der Waals surface area contributed by atoms with Crippen molar-refractivity contribution in [2.45, 2.75) is 64.5 Å². The van der Waals surface area contributed by atoms with Crippen LogP contribution in [0.1, 0.15) is 63.2 Å². The maximum absolute atomic E-state index is 12.8. The number of carbonyl (C=O) groups is 3. The monoisotopic (exact) mass is 401 g/mol. The van der Waals surface area contributed by atoms with Crippen LogP contribution in [-0.4, -0.2) is 54.1 Å². The number of piperidine rings is 2. The third-order valence-corrected chi connectivity index (χ3v) is 5.25. The van der Waals surface area contributed by atoms with Gasteiger partial charge in [-0.1, -0.05) is 0 Å². The van der Waals surface area contributed by atoms with Crippen LogP contribution < -0.4 is 10.2 Å². The van der Waals surface area contributed by atoms with Crippen molar-refractivity contribution in [2.75, 3.05) is 24.5 Å². The van der Waals surface area contributed by atoms with Crippen molar-refractivity contribution in [3.05, 3.63) is 29.8 Å². The Bertz CT molecular complexity index is 746. The summed E-state index contributed by atoms with van der Waals surface area (Å²) in [5.74, 6) is 0.132. The fourth-order valence-corrected chi connectivity index (χ4v) is 3.75. The first-order valence-electron chi connectivity index (χ1n) is 10.4. The number of ether oxygens (including phenoxy) is 1. The topological polar surface area (TPSA) is 79.0 Å². The van der Waals surface area contributed by atoms with Gasteiger partial charge in [-0.2, -0.15) is 0 Å². The number of hydrogen-bond acceptors (Lipinski definition) is 4. The Morgan fingerprint density at radius 1 is 1.03 bits per heavy atom. The van der Waals surface area contributed by atoms with Gasteiger partial charge in [-0.05, 0) is 70.7 Å². The largest absolute Gasteiger partial charge is 0.444 e. The standard InChI is InChI=1S/C22H31N3O4/c1-22(2,3)29-21(28)23-17-11-14-24(15-12-17)20(27)16-7-9-18(10-8-16)25-13-5-4-6-19(25)26/h7-10,17H,4-6,11-15H2,1-3H3,(H,23,28). The SMILES string of the molecule is CC(C)(C)OC(=O)NC1CCN(C(=O)c2ccc(N3CCCCC3=O)cc2)CC1. The summed E-state index contributed by atoms with van der Waals surface area (Å²) in [7, 11) is 0. The summed E-state index contributed by atoms with van der Waals surface area (Å²) < 4.78 is 5.29. The molecule has 2 aliphatic rings. The van der Waals surface area contributed by atoms with Crippen molar-refractivity contribution in [1.82, 2.24) is 10.2 Å². The molecule has 1 aromatic carbocycles. The minimum atomic E-state index is -0.522. The number of likely N-dealkylation sites (tertiary alicyclic amines) is 1. The van der Waals surface area contributed by atoms with Gasteiger partial charge in [0.05, 0.1) is 0 Å². The van der Waals surface area contributed by atoms with E-state index in [2.05, 4.69) is 5.32 Å². The maximum Gasteiger partial charge on any atom is 0.407 e. The number of rotatable bonds is 3. The zero-order valence-electron chi connectivity index (χ0n) is 17.6. The van der Waals surface area contributed by atoms with E-state index in [9.17, 15) is 14.4 Å². The molecule has 1 N–H and O–H groups in total. The van der Waals surface area contributed by atoms with E-state index >= 15 is 0 Å². The molecule has 29 heavy (non-hydrogen) atoms. The predicted octanol–water partition coefficient (Wildman–Crippen LogP) is 3.33. The van der Waals surface area contributed by atoms with E-state index in [0.29, 0.717) is 37.9 Å². The van der Waals surface area contributed by atoms with Gasteiger partial charge < -0.3 is 19.9 Å². The number of amides is 3. The van der Waals surface area contributed by atoms with Crippen molar-refractivity contribution in [2.24, 2.45) is 0 Å². The van der Waals surface area contributed by atoms with Crippen molar-refractivity contribution in [3.63, 3.8) is 0 Å². The Hall–Kier alpha value is -2.57. The van der Waals surface area contributed by atoms with Crippen LogP contribution in [0.5, 0.6) is 0 Å². The summed E-state index contributed by atoms with van der Waals surface area (Å²) in [5.41, 5.74) is 0.953. The Labute approximate surface area is 172 Å². The summed E-state index contributed by atoms with van der Waals surface area (Å²) in [5, 5.41) is 2.89. The van der Waals surface area contributed by atoms with Crippen LogP contribution in [0.15, 0.2) is 24.3 Å². The molecule has 0 radical (unpaired) electrons. The van der Waals surface area contributed by atoms with Gasteiger partial charge in [-0.15, -0.1) is 0 Å². The van der Waals surface area contributed by atoms with Gasteiger partial charge in [0.15, 0.2) is 0 Å². The van der Waals surface area contributed by atoms with Gasteiger partial charge in [0.2, 0.25) is 5.91 Å². The van der Waals surface area contributed by atoms with Gasteiger partial charge >= 0.3 is 6.09 Å². The molecule has 0 bridgehead atoms. The van der Waals surface area contributed by atoms with E-state index < -0.39 is 11.7 Å². The number of alkyl carbamates (subject to hydrolysis) is 1. The molecule has 2 heterocycles. The number of anilines is 1. The predicted molar refractivity (Wildman–Crippen MR) is 111 cm³/mol. The van der Waals surface area contributed by atoms with Crippen LogP contribution in [0.25, 0.3) is 0 Å². The summed E-state index contributed by atoms with van der Waals surface area (Å²) in [6.07, 6.45) is 3.54. The number of benzene rings is 1. The number of nitrogens with zero attached hydrogens (tertiary/aromatic N) is 2. The molecule has 158 valence electrons. The fraction of sp³-hybridized carbons (Fsp3) is 0.591. The number of hydrogen-bond donors (Lipinski definition) is 1. The Balaban J connectivity index is 1.51. The van der Waals surface area contributed by atoms with Gasteiger partial charge in [-0.25, -0.2) is 4.79 Å². The van der Waals surface area contributed by atoms with Gasteiger partial charge in [0.25, 0.3) is 5.91 Å². The summed E-state index contributed by atoms with van der Waals surface area (Å²) in [6, 6.07) is 7.32. The second kappa shape index (κ2) is 8.84. The van der Waals surface area contributed by atoms with Crippen LogP contribution in [0.2, 0.25) is 0 Å². The van der Waals surface area contributed by atoms with Gasteiger partial charge in [0.1, 0.15) is 5.60 Å². The van der Waals surface area contributed by atoms with Crippen LogP contribution in [-0.2, 0) is 9.53 Å². The Morgan fingerprint density at radius 3 is 2.28 bits per heavy atom. The summed E-state index contributed by atoms with van der Waals surface area (Å²) in [6.45, 7) is 7.42. The minimum Gasteiger partial charge on any atom is -0.444 e. The molecule has 2 saturated heterocycles. The van der Waals surface area contributed by atoms with E-state index in [4.69, 9.17) is 4.74 Å². The highest BCUT2D eigenvalue weighted by atomic mass is 16.6. The molecule has 1 aromatic rings. The van der Waals surface area contributed by atoms with Crippen molar-refractivity contribution in [1.29, 1.82) is 0 Å². The first-order chi connectivity index (χ1) is 13.7. The third-order valence-electron chi connectivity index (χ3n) is 5.25. The lowest BCUT2D eigenvalue weighted by molar-refractivity contribution is -0.119. The molecule has 2 fully saturated rings. The zero-order valence-corrected chi connectivity index (χ0v) is 17.6. The minimum absolute atomic E-state index is 0.0152. The van der Waals surface area contributed by atoms with Crippen molar-refractivity contribution in [3.8, 4) is 0 Å². The molecule has 0 aliphatic carbocycles. The highest BCUT2D eigenvalue weighted by Crippen LogP contribution is 2.22. The molecule has 2 aliphatic heterocycles. The fourth-order valence-electron chi connectivity index (χ4n) is 3.75. The molecule has 0 aromatic heterocycles. The van der Waals surface area contributed by atoms with Crippen LogP contribution in [0, 0.1) is 0 Å². The average Bonchev–Trinajstić information content (AvgIpc) is 2.67. The summed E-state index contributed by atoms with van der Waals surface area (Å²) >= 11 is 0. The molecule has 7 heteroatoms. The second-order valence-corrected chi connectivity index (χ2v) is 8.76. The molecular weight excluding hydrogens is 370 g/mol. The van der Waals surface area contributed by atoms with E-state index in [1.54, 1.807) is 17.0 Å². The molecule has 0 saturated carbocycles. The molecule has 0 spiro atoms. The van der Waals surface area contributed by atoms with Crippen LogP contribution in [0.3, 0.4) is 0 Å². The Kier molecular flexibility index (Phi) is 6.45. The molecule has 0 atom stereocenters. The quantitative estimate of drug-likeness (QED) is 0.843. The maximum atomic E-state index is 12.8. The lowest BCUT2D eigenvalue weighted by Gasteiger charge is -2.33. The third kappa shape index (κ3) is 5.71. The first-order valence-corrected chi connectivity index (χ1v) is 10.4. The second-order valence-electron chi connectivity index (χ2n) is 8.76. The molecule has 3 rings (SSSR count). The van der Waals surface area contributed by atoms with E-state index in [0.717, 1.165) is 25.1 Å². The summed E-state index contributed by atoms with van der Waals surface area (Å²) in [4.78, 5) is 40.4. The molecule has 3 amide bonds. The van der Waals surface area contributed by atoms with Crippen LogP contribution >= 0.6 is 0 Å². The van der Waals surface area contributed by atoms with Crippen LogP contribution in [0.4, 0.5) is 10.5 Å². The molecular formula is C22H31N3O4. The highest BCUT2D eigenvalue weighted by molar-refractivity contribution is 5.97. The lowest BCUT2D eigenvalue weighted by Crippen LogP contribution is -2.47. The smallest absolute Gasteiger partial charge is 0.407 e. The normalized spacial score (nSPS) is 18.5. The van der Waals surface area contributed by atoms with Gasteiger partial charge in [-0.3, -0.25) is 9.59 Å².